The lowest BCUT2D eigenvalue weighted by atomic mass is 10.1. The topological polar surface area (TPSA) is 61.0 Å². The minimum Gasteiger partial charge on any atom is -0.312 e. The highest BCUT2D eigenvalue weighted by Gasteiger charge is 2.21. The SMILES string of the molecule is Cc1[nH]ncc1CN[C@H](C)c1ccc(N2CCCC2=O)cc1. The molecule has 116 valence electrons. The first-order valence-corrected chi connectivity index (χ1v) is 7.77. The van der Waals surface area contributed by atoms with Gasteiger partial charge in [0.05, 0.1) is 6.20 Å². The molecule has 3 rings (SSSR count). The van der Waals surface area contributed by atoms with Crippen molar-refractivity contribution in [3.8, 4) is 0 Å². The largest absolute Gasteiger partial charge is 0.312 e. The van der Waals surface area contributed by atoms with E-state index in [2.05, 4.69) is 34.6 Å². The second-order valence-electron chi connectivity index (χ2n) is 5.86. The molecule has 1 saturated heterocycles. The molecule has 1 amide bonds. The number of aromatic amines is 1. The van der Waals surface area contributed by atoms with Gasteiger partial charge in [0.25, 0.3) is 0 Å². The van der Waals surface area contributed by atoms with Gasteiger partial charge in [-0.15, -0.1) is 0 Å². The van der Waals surface area contributed by atoms with E-state index in [9.17, 15) is 4.79 Å². The fourth-order valence-corrected chi connectivity index (χ4v) is 2.80. The first-order valence-electron chi connectivity index (χ1n) is 7.77. The molecule has 1 aromatic carbocycles. The van der Waals surface area contributed by atoms with E-state index < -0.39 is 0 Å². The predicted octanol–water partition coefficient (Wildman–Crippen LogP) is 2.70. The second-order valence-corrected chi connectivity index (χ2v) is 5.86. The predicted molar refractivity (Wildman–Crippen MR) is 86.6 cm³/mol. The van der Waals surface area contributed by atoms with Crippen LogP contribution in [0.15, 0.2) is 30.5 Å². The molecule has 0 aliphatic carbocycles. The van der Waals surface area contributed by atoms with Gasteiger partial charge in [-0.2, -0.15) is 5.10 Å². The molecule has 0 spiro atoms. The van der Waals surface area contributed by atoms with E-state index in [0.717, 1.165) is 30.9 Å². The molecule has 1 aliphatic rings. The molecule has 2 N–H and O–H groups in total. The van der Waals surface area contributed by atoms with Gasteiger partial charge in [0.15, 0.2) is 0 Å². The Morgan fingerprint density at radius 1 is 1.36 bits per heavy atom. The van der Waals surface area contributed by atoms with Crippen LogP contribution in [0.4, 0.5) is 5.69 Å². The number of anilines is 1. The maximum absolute atomic E-state index is 11.8. The highest BCUT2D eigenvalue weighted by molar-refractivity contribution is 5.95. The van der Waals surface area contributed by atoms with Crippen LogP contribution in [0.25, 0.3) is 0 Å². The Bertz CT molecular complexity index is 647. The van der Waals surface area contributed by atoms with Crippen molar-refractivity contribution in [2.75, 3.05) is 11.4 Å². The molecule has 0 unspecified atom stereocenters. The smallest absolute Gasteiger partial charge is 0.227 e. The number of benzene rings is 1. The zero-order valence-corrected chi connectivity index (χ0v) is 13.1. The average molecular weight is 298 g/mol. The van der Waals surface area contributed by atoms with E-state index in [1.165, 1.54) is 11.1 Å². The van der Waals surface area contributed by atoms with Crippen molar-refractivity contribution in [2.45, 2.75) is 39.3 Å². The summed E-state index contributed by atoms with van der Waals surface area (Å²) >= 11 is 0. The van der Waals surface area contributed by atoms with Gasteiger partial charge in [-0.1, -0.05) is 12.1 Å². The number of aromatic nitrogens is 2. The molecular weight excluding hydrogens is 276 g/mol. The minimum atomic E-state index is 0.231. The highest BCUT2D eigenvalue weighted by Crippen LogP contribution is 2.23. The Labute approximate surface area is 130 Å². The first kappa shape index (κ1) is 14.8. The van der Waals surface area contributed by atoms with Crippen LogP contribution in [0.2, 0.25) is 0 Å². The molecule has 1 atom stereocenters. The molecule has 2 heterocycles. The number of carbonyl (C=O) groups is 1. The summed E-state index contributed by atoms with van der Waals surface area (Å²) in [7, 11) is 0. The van der Waals surface area contributed by atoms with E-state index in [1.54, 1.807) is 0 Å². The number of hydrogen-bond donors (Lipinski definition) is 2. The number of aryl methyl sites for hydroxylation is 1. The highest BCUT2D eigenvalue weighted by atomic mass is 16.2. The lowest BCUT2D eigenvalue weighted by Crippen LogP contribution is -2.23. The van der Waals surface area contributed by atoms with E-state index in [0.29, 0.717) is 6.42 Å². The molecule has 0 radical (unpaired) electrons. The van der Waals surface area contributed by atoms with E-state index in [1.807, 2.05) is 30.2 Å². The normalized spacial score (nSPS) is 16.3. The van der Waals surface area contributed by atoms with Gasteiger partial charge in [0.1, 0.15) is 0 Å². The summed E-state index contributed by atoms with van der Waals surface area (Å²) < 4.78 is 0. The van der Waals surface area contributed by atoms with Crippen molar-refractivity contribution in [3.63, 3.8) is 0 Å². The van der Waals surface area contributed by atoms with Gasteiger partial charge in [-0.3, -0.25) is 9.89 Å². The van der Waals surface area contributed by atoms with Crippen molar-refractivity contribution >= 4 is 11.6 Å². The third-order valence-corrected chi connectivity index (χ3v) is 4.31. The van der Waals surface area contributed by atoms with Crippen LogP contribution >= 0.6 is 0 Å². The van der Waals surface area contributed by atoms with Crippen LogP contribution in [0.1, 0.15) is 42.6 Å². The Morgan fingerprint density at radius 3 is 2.73 bits per heavy atom. The molecule has 2 aromatic rings. The molecule has 1 aliphatic heterocycles. The van der Waals surface area contributed by atoms with Crippen LogP contribution in [-0.4, -0.2) is 22.6 Å². The summed E-state index contributed by atoms with van der Waals surface area (Å²) in [5.41, 5.74) is 4.51. The Morgan fingerprint density at radius 2 is 2.14 bits per heavy atom. The minimum absolute atomic E-state index is 0.231. The quantitative estimate of drug-likeness (QED) is 0.892. The van der Waals surface area contributed by atoms with Crippen LogP contribution < -0.4 is 10.2 Å². The third-order valence-electron chi connectivity index (χ3n) is 4.31. The number of hydrogen-bond acceptors (Lipinski definition) is 3. The second kappa shape index (κ2) is 6.32. The van der Waals surface area contributed by atoms with Crippen molar-refractivity contribution in [2.24, 2.45) is 0 Å². The van der Waals surface area contributed by atoms with Crippen molar-refractivity contribution in [1.82, 2.24) is 15.5 Å². The van der Waals surface area contributed by atoms with Gasteiger partial charge in [0, 0.05) is 42.5 Å². The Hall–Kier alpha value is -2.14. The average Bonchev–Trinajstić information content (AvgIpc) is 3.13. The molecule has 22 heavy (non-hydrogen) atoms. The third kappa shape index (κ3) is 3.04. The van der Waals surface area contributed by atoms with Crippen LogP contribution in [0.3, 0.4) is 0 Å². The van der Waals surface area contributed by atoms with Gasteiger partial charge in [-0.05, 0) is 38.0 Å². The molecule has 1 aromatic heterocycles. The number of H-pyrrole nitrogens is 1. The maximum atomic E-state index is 11.8. The molecule has 5 heteroatoms. The summed E-state index contributed by atoms with van der Waals surface area (Å²) in [6.45, 7) is 5.80. The summed E-state index contributed by atoms with van der Waals surface area (Å²) in [6, 6.07) is 8.53. The number of rotatable bonds is 5. The van der Waals surface area contributed by atoms with E-state index in [-0.39, 0.29) is 11.9 Å². The number of carbonyl (C=O) groups excluding carboxylic acids is 1. The molecule has 5 nitrogen and oxygen atoms in total. The molecule has 0 saturated carbocycles. The zero-order chi connectivity index (χ0) is 15.5. The van der Waals surface area contributed by atoms with Gasteiger partial charge in [-0.25, -0.2) is 0 Å². The van der Waals surface area contributed by atoms with Gasteiger partial charge in [0.2, 0.25) is 5.91 Å². The molecule has 0 bridgehead atoms. The van der Waals surface area contributed by atoms with E-state index >= 15 is 0 Å². The van der Waals surface area contributed by atoms with E-state index in [4.69, 9.17) is 0 Å². The summed E-state index contributed by atoms with van der Waals surface area (Å²) in [5, 5.41) is 10.5. The summed E-state index contributed by atoms with van der Waals surface area (Å²) in [5.74, 6) is 0.231. The fraction of sp³-hybridized carbons (Fsp3) is 0.412. The summed E-state index contributed by atoms with van der Waals surface area (Å²) in [6.07, 6.45) is 3.49. The van der Waals surface area contributed by atoms with Gasteiger partial charge >= 0.3 is 0 Å². The standard InChI is InChI=1S/C17H22N4O/c1-12(18-10-15-11-19-20-13(15)2)14-5-7-16(8-6-14)21-9-3-4-17(21)22/h5-8,11-12,18H,3-4,9-10H2,1-2H3,(H,19,20)/t12-/m1/s1. The van der Waals surface area contributed by atoms with Gasteiger partial charge < -0.3 is 10.2 Å². The lowest BCUT2D eigenvalue weighted by molar-refractivity contribution is -0.117. The Balaban J connectivity index is 1.62. The maximum Gasteiger partial charge on any atom is 0.227 e. The van der Waals surface area contributed by atoms with Crippen LogP contribution in [-0.2, 0) is 11.3 Å². The number of nitrogens with one attached hydrogen (secondary N) is 2. The Kier molecular flexibility index (Phi) is 4.24. The number of nitrogens with zero attached hydrogens (tertiary/aromatic N) is 2. The van der Waals surface area contributed by atoms with Crippen LogP contribution in [0.5, 0.6) is 0 Å². The number of amides is 1. The monoisotopic (exact) mass is 298 g/mol. The van der Waals surface area contributed by atoms with Crippen LogP contribution in [0, 0.1) is 6.92 Å². The fourth-order valence-electron chi connectivity index (χ4n) is 2.80. The van der Waals surface area contributed by atoms with Crippen molar-refractivity contribution in [1.29, 1.82) is 0 Å². The zero-order valence-electron chi connectivity index (χ0n) is 13.1. The van der Waals surface area contributed by atoms with Crippen molar-refractivity contribution in [3.05, 3.63) is 47.3 Å². The molecular formula is C17H22N4O. The first-order chi connectivity index (χ1) is 10.6. The molecule has 1 fully saturated rings. The lowest BCUT2D eigenvalue weighted by Gasteiger charge is -2.18. The van der Waals surface area contributed by atoms with Crippen molar-refractivity contribution < 1.29 is 4.79 Å². The summed E-state index contributed by atoms with van der Waals surface area (Å²) in [4.78, 5) is 13.6.